The quantitative estimate of drug-likeness (QED) is 0.534. The number of hydrogen-bond acceptors (Lipinski definition) is 4. The summed E-state index contributed by atoms with van der Waals surface area (Å²) < 4.78 is 12.0. The van der Waals surface area contributed by atoms with Gasteiger partial charge in [-0.1, -0.05) is 18.2 Å². The van der Waals surface area contributed by atoms with Crippen molar-refractivity contribution >= 4 is 28.6 Å². The smallest absolute Gasteiger partial charge is 0.306 e. The van der Waals surface area contributed by atoms with Crippen LogP contribution in [0.2, 0.25) is 0 Å². The van der Waals surface area contributed by atoms with Crippen LogP contribution in [0.15, 0.2) is 41.1 Å². The highest BCUT2D eigenvalue weighted by Crippen LogP contribution is 2.31. The lowest BCUT2D eigenvalue weighted by molar-refractivity contribution is -0.154. The standard InChI is InChI=1S/C17H20INO3/c1-17(2,3)22-15(20)9-8-13(16-19-10-11-21-16)12-6-4-5-7-14(12)18/h4-7,10-11,13H,8-9H2,1-3H3. The molecule has 2 aromatic rings. The number of carbonyl (C=O) groups excluding carboxylic acids is 1. The number of aromatic nitrogens is 1. The maximum absolute atomic E-state index is 12.0. The summed E-state index contributed by atoms with van der Waals surface area (Å²) in [6.07, 6.45) is 4.13. The van der Waals surface area contributed by atoms with Gasteiger partial charge < -0.3 is 9.15 Å². The minimum Gasteiger partial charge on any atom is -0.460 e. The summed E-state index contributed by atoms with van der Waals surface area (Å²) in [6.45, 7) is 5.61. The van der Waals surface area contributed by atoms with Crippen molar-refractivity contribution < 1.29 is 13.9 Å². The Hall–Kier alpha value is -1.37. The van der Waals surface area contributed by atoms with E-state index in [4.69, 9.17) is 9.15 Å². The summed E-state index contributed by atoms with van der Waals surface area (Å²) in [5, 5.41) is 0. The normalized spacial score (nSPS) is 12.9. The van der Waals surface area contributed by atoms with Crippen LogP contribution in [0.3, 0.4) is 0 Å². The SMILES string of the molecule is CC(C)(C)OC(=O)CCC(c1ncco1)c1ccccc1I. The fraction of sp³-hybridized carbons (Fsp3) is 0.412. The highest BCUT2D eigenvalue weighted by atomic mass is 127. The summed E-state index contributed by atoms with van der Waals surface area (Å²) >= 11 is 2.29. The second-order valence-corrected chi connectivity index (χ2v) is 7.23. The zero-order chi connectivity index (χ0) is 16.2. The second-order valence-electron chi connectivity index (χ2n) is 6.07. The lowest BCUT2D eigenvalue weighted by Gasteiger charge is -2.21. The molecule has 1 heterocycles. The molecule has 0 fully saturated rings. The molecule has 0 amide bonds. The third kappa shape index (κ3) is 4.83. The first-order valence-electron chi connectivity index (χ1n) is 7.22. The van der Waals surface area contributed by atoms with E-state index in [9.17, 15) is 4.79 Å². The summed E-state index contributed by atoms with van der Waals surface area (Å²) in [6, 6.07) is 8.07. The Morgan fingerprint density at radius 3 is 2.68 bits per heavy atom. The summed E-state index contributed by atoms with van der Waals surface area (Å²) in [4.78, 5) is 16.2. The van der Waals surface area contributed by atoms with Crippen LogP contribution >= 0.6 is 22.6 Å². The van der Waals surface area contributed by atoms with E-state index in [1.165, 1.54) is 0 Å². The first kappa shape index (κ1) is 17.0. The molecule has 0 N–H and O–H groups in total. The summed E-state index contributed by atoms with van der Waals surface area (Å²) in [7, 11) is 0. The van der Waals surface area contributed by atoms with Crippen LogP contribution in [0, 0.1) is 3.57 Å². The number of ether oxygens (including phenoxy) is 1. The second kappa shape index (κ2) is 7.26. The van der Waals surface area contributed by atoms with Gasteiger partial charge in [-0.05, 0) is 61.4 Å². The predicted molar refractivity (Wildman–Crippen MR) is 92.6 cm³/mol. The number of hydrogen-bond donors (Lipinski definition) is 0. The maximum atomic E-state index is 12.0. The van der Waals surface area contributed by atoms with Crippen LogP contribution < -0.4 is 0 Å². The van der Waals surface area contributed by atoms with Crippen molar-refractivity contribution in [1.29, 1.82) is 0 Å². The van der Waals surface area contributed by atoms with Crippen molar-refractivity contribution in [2.45, 2.75) is 45.1 Å². The molecule has 1 atom stereocenters. The minimum atomic E-state index is -0.462. The fourth-order valence-corrected chi connectivity index (χ4v) is 2.99. The van der Waals surface area contributed by atoms with Gasteiger partial charge in [0, 0.05) is 9.99 Å². The van der Waals surface area contributed by atoms with E-state index in [1.54, 1.807) is 12.5 Å². The van der Waals surface area contributed by atoms with E-state index >= 15 is 0 Å². The number of carbonyl (C=O) groups is 1. The highest BCUT2D eigenvalue weighted by molar-refractivity contribution is 14.1. The predicted octanol–water partition coefficient (Wildman–Crippen LogP) is 4.53. The van der Waals surface area contributed by atoms with Crippen molar-refractivity contribution in [3.05, 3.63) is 51.7 Å². The van der Waals surface area contributed by atoms with Gasteiger partial charge >= 0.3 is 5.97 Å². The fourth-order valence-electron chi connectivity index (χ4n) is 2.23. The number of halogens is 1. The molecule has 118 valence electrons. The van der Waals surface area contributed by atoms with E-state index in [1.807, 2.05) is 45.0 Å². The number of rotatable bonds is 5. The average Bonchev–Trinajstić information content (AvgIpc) is 2.93. The van der Waals surface area contributed by atoms with Crippen LogP contribution in [0.5, 0.6) is 0 Å². The van der Waals surface area contributed by atoms with E-state index in [2.05, 4.69) is 27.6 Å². The largest absolute Gasteiger partial charge is 0.460 e. The summed E-state index contributed by atoms with van der Waals surface area (Å²) in [5.74, 6) is 0.387. The van der Waals surface area contributed by atoms with Gasteiger partial charge in [0.15, 0.2) is 0 Å². The molecule has 0 saturated heterocycles. The molecule has 0 aliphatic carbocycles. The topological polar surface area (TPSA) is 52.3 Å². The van der Waals surface area contributed by atoms with Crippen molar-refractivity contribution in [2.24, 2.45) is 0 Å². The van der Waals surface area contributed by atoms with E-state index in [0.717, 1.165) is 9.13 Å². The van der Waals surface area contributed by atoms with Gasteiger partial charge in [0.05, 0.1) is 12.1 Å². The molecule has 1 aromatic heterocycles. The Morgan fingerprint density at radius 1 is 1.36 bits per heavy atom. The number of esters is 1. The van der Waals surface area contributed by atoms with Gasteiger partial charge in [0.1, 0.15) is 11.9 Å². The van der Waals surface area contributed by atoms with Crippen molar-refractivity contribution in [3.63, 3.8) is 0 Å². The number of nitrogens with zero attached hydrogens (tertiary/aromatic N) is 1. The molecule has 0 radical (unpaired) electrons. The lowest BCUT2D eigenvalue weighted by Crippen LogP contribution is -2.24. The monoisotopic (exact) mass is 413 g/mol. The van der Waals surface area contributed by atoms with E-state index in [-0.39, 0.29) is 11.9 Å². The zero-order valence-electron chi connectivity index (χ0n) is 13.0. The molecule has 2 rings (SSSR count). The maximum Gasteiger partial charge on any atom is 0.306 e. The zero-order valence-corrected chi connectivity index (χ0v) is 15.2. The van der Waals surface area contributed by atoms with E-state index in [0.29, 0.717) is 18.7 Å². The molecule has 0 aliphatic heterocycles. The molecule has 1 unspecified atom stereocenters. The first-order chi connectivity index (χ1) is 10.4. The Labute approximate surface area is 144 Å². The highest BCUT2D eigenvalue weighted by Gasteiger charge is 2.23. The Morgan fingerprint density at radius 2 is 2.09 bits per heavy atom. The molecule has 22 heavy (non-hydrogen) atoms. The Kier molecular flexibility index (Phi) is 5.61. The van der Waals surface area contributed by atoms with Gasteiger partial charge in [-0.25, -0.2) is 4.98 Å². The third-order valence-electron chi connectivity index (χ3n) is 3.09. The third-order valence-corrected chi connectivity index (χ3v) is 4.07. The molecule has 0 spiro atoms. The van der Waals surface area contributed by atoms with Crippen molar-refractivity contribution in [2.75, 3.05) is 0 Å². The Balaban J connectivity index is 2.14. The van der Waals surface area contributed by atoms with Gasteiger partial charge in [-0.2, -0.15) is 0 Å². The average molecular weight is 413 g/mol. The first-order valence-corrected chi connectivity index (χ1v) is 8.30. The molecule has 4 nitrogen and oxygen atoms in total. The molecule has 0 bridgehead atoms. The molecular weight excluding hydrogens is 393 g/mol. The number of oxazole rings is 1. The van der Waals surface area contributed by atoms with Gasteiger partial charge in [-0.3, -0.25) is 4.79 Å². The van der Waals surface area contributed by atoms with Gasteiger partial charge in [-0.15, -0.1) is 0 Å². The van der Waals surface area contributed by atoms with Gasteiger partial charge in [0.2, 0.25) is 5.89 Å². The van der Waals surface area contributed by atoms with E-state index < -0.39 is 5.60 Å². The van der Waals surface area contributed by atoms with Crippen LogP contribution in [0.4, 0.5) is 0 Å². The van der Waals surface area contributed by atoms with Crippen LogP contribution in [0.1, 0.15) is 51.0 Å². The molecule has 1 aromatic carbocycles. The molecule has 0 saturated carbocycles. The van der Waals surface area contributed by atoms with Crippen molar-refractivity contribution in [3.8, 4) is 0 Å². The molecular formula is C17H20INO3. The number of benzene rings is 1. The molecule has 0 aliphatic rings. The Bertz CT molecular complexity index is 617. The van der Waals surface area contributed by atoms with Crippen molar-refractivity contribution in [1.82, 2.24) is 4.98 Å². The van der Waals surface area contributed by atoms with Crippen LogP contribution in [-0.2, 0) is 9.53 Å². The molecule has 5 heteroatoms. The van der Waals surface area contributed by atoms with Crippen LogP contribution in [-0.4, -0.2) is 16.6 Å². The van der Waals surface area contributed by atoms with Gasteiger partial charge in [0.25, 0.3) is 0 Å². The summed E-state index contributed by atoms with van der Waals surface area (Å²) in [5.41, 5.74) is 0.658. The van der Waals surface area contributed by atoms with Crippen LogP contribution in [0.25, 0.3) is 0 Å². The minimum absolute atomic E-state index is 0.0457. The lowest BCUT2D eigenvalue weighted by atomic mass is 9.94.